The minimum Gasteiger partial charge on any atom is -0.382 e. The van der Waals surface area contributed by atoms with Crippen molar-refractivity contribution in [3.63, 3.8) is 0 Å². The molecule has 19 heavy (non-hydrogen) atoms. The van der Waals surface area contributed by atoms with Gasteiger partial charge in [-0.1, -0.05) is 0 Å². The molecule has 0 amide bonds. The van der Waals surface area contributed by atoms with Crippen LogP contribution in [-0.2, 0) is 0 Å². The standard InChI is InChI=1S/C14H14N4S/c1-8-7-11(19-9(8)2)13-12(14(15)18-17-13)10-3-5-16-6-4-10/h3-7H,1-2H3,(H3,15,17,18). The molecule has 3 aromatic rings. The summed E-state index contributed by atoms with van der Waals surface area (Å²) in [5, 5.41) is 7.19. The first-order valence-corrected chi connectivity index (χ1v) is 6.80. The fraction of sp³-hybridized carbons (Fsp3) is 0.143. The fourth-order valence-electron chi connectivity index (χ4n) is 2.04. The number of H-pyrrole nitrogens is 1. The quantitative estimate of drug-likeness (QED) is 0.750. The predicted octanol–water partition coefficient (Wildman–Crippen LogP) is 3.40. The monoisotopic (exact) mass is 270 g/mol. The Morgan fingerprint density at radius 1 is 1.21 bits per heavy atom. The molecule has 4 nitrogen and oxygen atoms in total. The molecule has 0 radical (unpaired) electrons. The van der Waals surface area contributed by atoms with Crippen LogP contribution >= 0.6 is 11.3 Å². The summed E-state index contributed by atoms with van der Waals surface area (Å²) in [5.41, 5.74) is 10.2. The number of rotatable bonds is 2. The van der Waals surface area contributed by atoms with Crippen LogP contribution in [0.25, 0.3) is 21.7 Å². The van der Waals surface area contributed by atoms with Gasteiger partial charge in [-0.15, -0.1) is 11.3 Å². The molecule has 5 heteroatoms. The average Bonchev–Trinajstić information content (AvgIpc) is 2.95. The first-order chi connectivity index (χ1) is 9.16. The molecule has 0 saturated heterocycles. The number of aryl methyl sites for hydroxylation is 2. The molecule has 0 aliphatic carbocycles. The second kappa shape index (κ2) is 4.51. The Balaban J connectivity index is 2.19. The first kappa shape index (κ1) is 11.9. The Morgan fingerprint density at radius 2 is 1.95 bits per heavy atom. The van der Waals surface area contributed by atoms with Gasteiger partial charge in [-0.25, -0.2) is 0 Å². The van der Waals surface area contributed by atoms with E-state index in [2.05, 4.69) is 35.1 Å². The second-order valence-corrected chi connectivity index (χ2v) is 5.70. The Bertz CT molecular complexity index is 693. The lowest BCUT2D eigenvalue weighted by Gasteiger charge is -2.02. The summed E-state index contributed by atoms with van der Waals surface area (Å²) >= 11 is 1.75. The van der Waals surface area contributed by atoms with Gasteiger partial charge in [0, 0.05) is 17.3 Å². The highest BCUT2D eigenvalue weighted by Gasteiger charge is 2.16. The maximum absolute atomic E-state index is 6.00. The van der Waals surface area contributed by atoms with Crippen LogP contribution < -0.4 is 5.73 Å². The highest BCUT2D eigenvalue weighted by molar-refractivity contribution is 7.15. The Kier molecular flexibility index (Phi) is 2.83. The van der Waals surface area contributed by atoms with Gasteiger partial charge in [-0.2, -0.15) is 5.10 Å². The molecule has 0 bridgehead atoms. The summed E-state index contributed by atoms with van der Waals surface area (Å²) in [6, 6.07) is 6.05. The Morgan fingerprint density at radius 3 is 2.58 bits per heavy atom. The SMILES string of the molecule is Cc1cc(-c2[nH]nc(N)c2-c2ccncc2)sc1C. The van der Waals surface area contributed by atoms with Gasteiger partial charge in [0.2, 0.25) is 0 Å². The van der Waals surface area contributed by atoms with Crippen LogP contribution in [0.15, 0.2) is 30.6 Å². The van der Waals surface area contributed by atoms with Gasteiger partial charge in [0.1, 0.15) is 0 Å². The lowest BCUT2D eigenvalue weighted by molar-refractivity contribution is 1.11. The topological polar surface area (TPSA) is 67.6 Å². The number of aromatic amines is 1. The number of aromatic nitrogens is 3. The number of nitrogens with one attached hydrogen (secondary N) is 1. The maximum atomic E-state index is 6.00. The summed E-state index contributed by atoms with van der Waals surface area (Å²) in [4.78, 5) is 6.50. The number of thiophene rings is 1. The summed E-state index contributed by atoms with van der Waals surface area (Å²) in [6.45, 7) is 4.23. The number of nitrogens with zero attached hydrogens (tertiary/aromatic N) is 2. The summed E-state index contributed by atoms with van der Waals surface area (Å²) < 4.78 is 0. The molecule has 3 rings (SSSR count). The van der Waals surface area contributed by atoms with Gasteiger partial charge in [0.05, 0.1) is 16.1 Å². The summed E-state index contributed by atoms with van der Waals surface area (Å²) in [7, 11) is 0. The van der Waals surface area contributed by atoms with Crippen LogP contribution in [0.5, 0.6) is 0 Å². The Labute approximate surface area is 115 Å². The van der Waals surface area contributed by atoms with E-state index in [4.69, 9.17) is 5.73 Å². The van der Waals surface area contributed by atoms with E-state index in [1.165, 1.54) is 10.4 Å². The van der Waals surface area contributed by atoms with Crippen LogP contribution in [0.3, 0.4) is 0 Å². The zero-order chi connectivity index (χ0) is 13.4. The van der Waals surface area contributed by atoms with Crippen molar-refractivity contribution in [2.24, 2.45) is 0 Å². The molecule has 0 aliphatic rings. The van der Waals surface area contributed by atoms with E-state index in [1.807, 2.05) is 12.1 Å². The van der Waals surface area contributed by atoms with E-state index >= 15 is 0 Å². The third-order valence-electron chi connectivity index (χ3n) is 3.18. The number of hydrogen-bond donors (Lipinski definition) is 2. The van der Waals surface area contributed by atoms with Crippen molar-refractivity contribution in [3.8, 4) is 21.7 Å². The molecule has 0 unspecified atom stereocenters. The molecule has 0 saturated carbocycles. The number of hydrogen-bond acceptors (Lipinski definition) is 4. The van der Waals surface area contributed by atoms with E-state index in [1.54, 1.807) is 23.7 Å². The van der Waals surface area contributed by atoms with Gasteiger partial charge in [0.15, 0.2) is 5.82 Å². The van der Waals surface area contributed by atoms with Crippen molar-refractivity contribution < 1.29 is 0 Å². The van der Waals surface area contributed by atoms with E-state index in [0.717, 1.165) is 21.7 Å². The van der Waals surface area contributed by atoms with Crippen LogP contribution in [0.4, 0.5) is 5.82 Å². The summed E-state index contributed by atoms with van der Waals surface area (Å²) in [6.07, 6.45) is 3.52. The highest BCUT2D eigenvalue weighted by atomic mass is 32.1. The van der Waals surface area contributed by atoms with E-state index in [-0.39, 0.29) is 0 Å². The molecule has 3 heterocycles. The first-order valence-electron chi connectivity index (χ1n) is 5.98. The van der Waals surface area contributed by atoms with Crippen molar-refractivity contribution >= 4 is 17.2 Å². The van der Waals surface area contributed by atoms with Crippen LogP contribution in [0.2, 0.25) is 0 Å². The summed E-state index contributed by atoms with van der Waals surface area (Å²) in [5.74, 6) is 0.518. The molecule has 3 aromatic heterocycles. The molecule has 0 spiro atoms. The van der Waals surface area contributed by atoms with Gasteiger partial charge in [-0.05, 0) is 43.2 Å². The van der Waals surface area contributed by atoms with Crippen LogP contribution in [-0.4, -0.2) is 15.2 Å². The van der Waals surface area contributed by atoms with Crippen molar-refractivity contribution in [2.45, 2.75) is 13.8 Å². The zero-order valence-electron chi connectivity index (χ0n) is 10.8. The molecular weight excluding hydrogens is 256 g/mol. The van der Waals surface area contributed by atoms with Gasteiger partial charge in [0.25, 0.3) is 0 Å². The van der Waals surface area contributed by atoms with Crippen molar-refractivity contribution in [2.75, 3.05) is 5.73 Å². The molecule has 0 aromatic carbocycles. The molecule has 96 valence electrons. The molecule has 0 atom stereocenters. The lowest BCUT2D eigenvalue weighted by Crippen LogP contribution is -1.88. The third kappa shape index (κ3) is 2.02. The smallest absolute Gasteiger partial charge is 0.153 e. The molecule has 0 fully saturated rings. The van der Waals surface area contributed by atoms with Gasteiger partial charge < -0.3 is 5.73 Å². The van der Waals surface area contributed by atoms with E-state index in [0.29, 0.717) is 5.82 Å². The van der Waals surface area contributed by atoms with E-state index < -0.39 is 0 Å². The minimum absolute atomic E-state index is 0.518. The number of nitrogen functional groups attached to an aromatic ring is 1. The van der Waals surface area contributed by atoms with Gasteiger partial charge in [-0.3, -0.25) is 10.1 Å². The zero-order valence-corrected chi connectivity index (χ0v) is 11.6. The van der Waals surface area contributed by atoms with Crippen molar-refractivity contribution in [1.82, 2.24) is 15.2 Å². The third-order valence-corrected chi connectivity index (χ3v) is 4.35. The minimum atomic E-state index is 0.518. The fourth-order valence-corrected chi connectivity index (χ4v) is 3.08. The number of nitrogens with two attached hydrogens (primary N) is 1. The lowest BCUT2D eigenvalue weighted by atomic mass is 10.1. The molecule has 0 aliphatic heterocycles. The maximum Gasteiger partial charge on any atom is 0.153 e. The number of pyridine rings is 1. The van der Waals surface area contributed by atoms with Crippen LogP contribution in [0.1, 0.15) is 10.4 Å². The predicted molar refractivity (Wildman–Crippen MR) is 79.0 cm³/mol. The van der Waals surface area contributed by atoms with Crippen molar-refractivity contribution in [3.05, 3.63) is 41.0 Å². The second-order valence-electron chi connectivity index (χ2n) is 4.44. The normalized spacial score (nSPS) is 10.8. The van der Waals surface area contributed by atoms with Crippen molar-refractivity contribution in [1.29, 1.82) is 0 Å². The van der Waals surface area contributed by atoms with E-state index in [9.17, 15) is 0 Å². The largest absolute Gasteiger partial charge is 0.382 e. The Hall–Kier alpha value is -2.14. The van der Waals surface area contributed by atoms with Crippen LogP contribution in [0, 0.1) is 13.8 Å². The molecule has 3 N–H and O–H groups in total. The highest BCUT2D eigenvalue weighted by Crippen LogP contribution is 2.38. The number of anilines is 1. The molecular formula is C14H14N4S. The van der Waals surface area contributed by atoms with Gasteiger partial charge >= 0.3 is 0 Å². The average molecular weight is 270 g/mol.